The maximum Gasteiger partial charge on any atom is 0.264 e. The van der Waals surface area contributed by atoms with Gasteiger partial charge >= 0.3 is 0 Å². The number of hydrogen-bond donors (Lipinski definition) is 2. The normalized spacial score (nSPS) is 19.2. The van der Waals surface area contributed by atoms with E-state index in [1.54, 1.807) is 12.1 Å². The van der Waals surface area contributed by atoms with E-state index in [2.05, 4.69) is 10.3 Å². The first-order valence-electron chi connectivity index (χ1n) is 7.20. The molecule has 1 aromatic carbocycles. The van der Waals surface area contributed by atoms with Gasteiger partial charge in [0.25, 0.3) is 5.91 Å². The van der Waals surface area contributed by atoms with Gasteiger partial charge in [0, 0.05) is 0 Å². The Labute approximate surface area is 124 Å². The molecule has 0 saturated carbocycles. The lowest BCUT2D eigenvalue weighted by Crippen LogP contribution is -2.58. The number of nitrogens with one attached hydrogen (secondary N) is 1. The molecule has 0 saturated heterocycles. The third-order valence-electron chi connectivity index (χ3n) is 4.12. The molecule has 1 unspecified atom stereocenters. The van der Waals surface area contributed by atoms with Crippen molar-refractivity contribution in [2.45, 2.75) is 45.1 Å². The summed E-state index contributed by atoms with van der Waals surface area (Å²) in [4.78, 5) is 28.6. The van der Waals surface area contributed by atoms with Gasteiger partial charge in [-0.3, -0.25) is 9.59 Å². The van der Waals surface area contributed by atoms with Gasteiger partial charge in [-0.15, -0.1) is 0 Å². The molecule has 5 nitrogen and oxygen atoms in total. The number of amidine groups is 1. The standard InChI is InChI=1S/C16H21N3O2/c1-4-16(17,5-2)15-18-13(20)12(14(21)19-15)11-8-6-10(3)7-9-11/h6-9,12H,4-5,17H2,1-3H3,(H,18,19,20,21). The summed E-state index contributed by atoms with van der Waals surface area (Å²) in [5, 5.41) is 2.72. The minimum absolute atomic E-state index is 0.283. The van der Waals surface area contributed by atoms with E-state index < -0.39 is 17.4 Å². The average Bonchev–Trinajstić information content (AvgIpc) is 2.47. The Morgan fingerprint density at radius 3 is 2.24 bits per heavy atom. The monoisotopic (exact) mass is 287 g/mol. The Morgan fingerprint density at radius 1 is 1.19 bits per heavy atom. The average molecular weight is 287 g/mol. The number of aryl methyl sites for hydroxylation is 1. The van der Waals surface area contributed by atoms with Crippen molar-refractivity contribution in [1.82, 2.24) is 5.32 Å². The molecule has 112 valence electrons. The van der Waals surface area contributed by atoms with Crippen molar-refractivity contribution in [2.24, 2.45) is 10.7 Å². The number of rotatable bonds is 4. The van der Waals surface area contributed by atoms with E-state index in [-0.39, 0.29) is 11.7 Å². The van der Waals surface area contributed by atoms with Crippen LogP contribution in [0.5, 0.6) is 0 Å². The molecular weight excluding hydrogens is 266 g/mol. The van der Waals surface area contributed by atoms with Gasteiger partial charge in [0.2, 0.25) is 5.91 Å². The van der Waals surface area contributed by atoms with Crippen LogP contribution in [-0.2, 0) is 9.59 Å². The SMILES string of the molecule is CCC(N)(CC)C1=NC(=O)C(c2ccc(C)cc2)C(=O)N1. The van der Waals surface area contributed by atoms with Gasteiger partial charge in [-0.2, -0.15) is 4.99 Å². The number of nitrogens with zero attached hydrogens (tertiary/aromatic N) is 1. The lowest BCUT2D eigenvalue weighted by atomic mass is 9.89. The van der Waals surface area contributed by atoms with Crippen molar-refractivity contribution in [3.8, 4) is 0 Å². The number of hydrogen-bond acceptors (Lipinski definition) is 3. The topological polar surface area (TPSA) is 84.5 Å². The second-order valence-corrected chi connectivity index (χ2v) is 5.49. The van der Waals surface area contributed by atoms with Crippen molar-refractivity contribution < 1.29 is 9.59 Å². The van der Waals surface area contributed by atoms with Crippen LogP contribution in [0, 0.1) is 6.92 Å². The summed E-state index contributed by atoms with van der Waals surface area (Å²) in [6, 6.07) is 7.32. The molecule has 0 fully saturated rings. The number of benzene rings is 1. The van der Waals surface area contributed by atoms with Crippen LogP contribution in [0.4, 0.5) is 0 Å². The Kier molecular flexibility index (Phi) is 4.23. The summed E-state index contributed by atoms with van der Waals surface area (Å²) in [5.74, 6) is -1.40. The van der Waals surface area contributed by atoms with Gasteiger partial charge in [0.05, 0.1) is 5.54 Å². The molecule has 5 heteroatoms. The van der Waals surface area contributed by atoms with E-state index in [4.69, 9.17) is 5.73 Å². The van der Waals surface area contributed by atoms with Gasteiger partial charge in [-0.25, -0.2) is 0 Å². The van der Waals surface area contributed by atoms with E-state index in [0.717, 1.165) is 5.56 Å². The molecule has 2 amide bonds. The first kappa shape index (κ1) is 15.4. The molecule has 0 radical (unpaired) electrons. The fourth-order valence-electron chi connectivity index (χ4n) is 2.38. The third kappa shape index (κ3) is 2.88. The van der Waals surface area contributed by atoms with E-state index in [1.165, 1.54) is 0 Å². The zero-order valence-electron chi connectivity index (χ0n) is 12.6. The van der Waals surface area contributed by atoms with Crippen molar-refractivity contribution in [1.29, 1.82) is 0 Å². The molecule has 3 N–H and O–H groups in total. The first-order chi connectivity index (χ1) is 9.91. The summed E-state index contributed by atoms with van der Waals surface area (Å²) in [6.45, 7) is 5.78. The van der Waals surface area contributed by atoms with Crippen LogP contribution in [0.1, 0.15) is 43.7 Å². The molecule has 0 bridgehead atoms. The van der Waals surface area contributed by atoms with Crippen LogP contribution in [0.2, 0.25) is 0 Å². The van der Waals surface area contributed by atoms with E-state index >= 15 is 0 Å². The molecular formula is C16H21N3O2. The molecule has 2 rings (SSSR count). The summed E-state index contributed by atoms with van der Waals surface area (Å²) in [5.41, 5.74) is 7.17. The van der Waals surface area contributed by atoms with E-state index in [1.807, 2.05) is 32.9 Å². The molecule has 1 aromatic rings. The molecule has 1 atom stereocenters. The molecule has 1 heterocycles. The summed E-state index contributed by atoms with van der Waals surface area (Å²) >= 11 is 0. The van der Waals surface area contributed by atoms with Gasteiger partial charge in [-0.05, 0) is 25.3 Å². The number of carbonyl (C=O) groups is 2. The van der Waals surface area contributed by atoms with Gasteiger partial charge < -0.3 is 11.1 Å². The number of nitrogens with two attached hydrogens (primary N) is 1. The van der Waals surface area contributed by atoms with Crippen LogP contribution in [-0.4, -0.2) is 23.2 Å². The molecule has 1 aliphatic heterocycles. The molecule has 1 aliphatic rings. The highest BCUT2D eigenvalue weighted by atomic mass is 16.2. The quantitative estimate of drug-likeness (QED) is 0.826. The van der Waals surface area contributed by atoms with Gasteiger partial charge in [-0.1, -0.05) is 43.7 Å². The second kappa shape index (κ2) is 5.77. The third-order valence-corrected chi connectivity index (χ3v) is 4.12. The van der Waals surface area contributed by atoms with Crippen LogP contribution in [0.3, 0.4) is 0 Å². The van der Waals surface area contributed by atoms with Gasteiger partial charge in [0.15, 0.2) is 0 Å². The number of carbonyl (C=O) groups excluding carboxylic acids is 2. The molecule has 0 aliphatic carbocycles. The van der Waals surface area contributed by atoms with Crippen molar-refractivity contribution in [3.05, 3.63) is 35.4 Å². The predicted molar refractivity (Wildman–Crippen MR) is 82.0 cm³/mol. The number of aliphatic imine (C=N–C) groups is 1. The largest absolute Gasteiger partial charge is 0.319 e. The minimum Gasteiger partial charge on any atom is -0.319 e. The van der Waals surface area contributed by atoms with Crippen molar-refractivity contribution in [3.63, 3.8) is 0 Å². The zero-order chi connectivity index (χ0) is 15.6. The minimum atomic E-state index is -0.882. The highest BCUT2D eigenvalue weighted by molar-refractivity contribution is 6.21. The zero-order valence-corrected chi connectivity index (χ0v) is 12.6. The fourth-order valence-corrected chi connectivity index (χ4v) is 2.38. The Bertz CT molecular complexity index is 586. The van der Waals surface area contributed by atoms with Crippen LogP contribution in [0.25, 0.3) is 0 Å². The fraction of sp³-hybridized carbons (Fsp3) is 0.438. The Balaban J connectivity index is 2.35. The highest BCUT2D eigenvalue weighted by Gasteiger charge is 2.39. The van der Waals surface area contributed by atoms with Crippen LogP contribution >= 0.6 is 0 Å². The second-order valence-electron chi connectivity index (χ2n) is 5.49. The summed E-state index contributed by atoms with van der Waals surface area (Å²) in [6.07, 6.45) is 1.20. The molecule has 21 heavy (non-hydrogen) atoms. The maximum absolute atomic E-state index is 12.3. The van der Waals surface area contributed by atoms with Crippen LogP contribution < -0.4 is 11.1 Å². The summed E-state index contributed by atoms with van der Waals surface area (Å²) < 4.78 is 0. The smallest absolute Gasteiger partial charge is 0.264 e. The first-order valence-corrected chi connectivity index (χ1v) is 7.20. The lowest BCUT2D eigenvalue weighted by Gasteiger charge is -2.32. The Hall–Kier alpha value is -2.01. The predicted octanol–water partition coefficient (Wildman–Crippen LogP) is 1.65. The van der Waals surface area contributed by atoms with E-state index in [0.29, 0.717) is 18.4 Å². The Morgan fingerprint density at radius 2 is 1.76 bits per heavy atom. The molecule has 0 spiro atoms. The summed E-state index contributed by atoms with van der Waals surface area (Å²) in [7, 11) is 0. The molecule has 0 aromatic heterocycles. The van der Waals surface area contributed by atoms with Gasteiger partial charge in [0.1, 0.15) is 11.8 Å². The number of amides is 2. The maximum atomic E-state index is 12.3. The van der Waals surface area contributed by atoms with E-state index in [9.17, 15) is 9.59 Å². The van der Waals surface area contributed by atoms with Crippen LogP contribution in [0.15, 0.2) is 29.3 Å². The van der Waals surface area contributed by atoms with Crippen molar-refractivity contribution in [2.75, 3.05) is 0 Å². The van der Waals surface area contributed by atoms with Crippen molar-refractivity contribution >= 4 is 17.6 Å². The highest BCUT2D eigenvalue weighted by Crippen LogP contribution is 2.24. The lowest BCUT2D eigenvalue weighted by molar-refractivity contribution is -0.130.